The van der Waals surface area contributed by atoms with Gasteiger partial charge in [-0.05, 0) is 32.6 Å². The monoisotopic (exact) mass is 172 g/mol. The molecule has 0 aromatic heterocycles. The first-order valence-electron chi connectivity index (χ1n) is 4.48. The summed E-state index contributed by atoms with van der Waals surface area (Å²) in [7, 11) is 0. The van der Waals surface area contributed by atoms with E-state index in [2.05, 4.69) is 0 Å². The van der Waals surface area contributed by atoms with E-state index in [-0.39, 0.29) is 5.92 Å². The highest BCUT2D eigenvalue weighted by molar-refractivity contribution is 5.79. The van der Waals surface area contributed by atoms with Gasteiger partial charge in [0.2, 0.25) is 0 Å². The predicted molar refractivity (Wildman–Crippen MR) is 44.6 cm³/mol. The molecule has 1 aliphatic rings. The van der Waals surface area contributed by atoms with Gasteiger partial charge in [0, 0.05) is 0 Å². The van der Waals surface area contributed by atoms with Gasteiger partial charge in [0.1, 0.15) is 0 Å². The fourth-order valence-electron chi connectivity index (χ4n) is 1.41. The summed E-state index contributed by atoms with van der Waals surface area (Å²) in [6.07, 6.45) is 2.98. The van der Waals surface area contributed by atoms with E-state index in [9.17, 15) is 9.90 Å². The van der Waals surface area contributed by atoms with Crippen molar-refractivity contribution < 1.29 is 14.6 Å². The van der Waals surface area contributed by atoms with Crippen LogP contribution in [0.2, 0.25) is 0 Å². The van der Waals surface area contributed by atoms with Crippen LogP contribution < -0.4 is 0 Å². The molecule has 0 amide bonds. The van der Waals surface area contributed by atoms with Crippen LogP contribution in [0.5, 0.6) is 0 Å². The Kier molecular flexibility index (Phi) is 2.73. The molecule has 0 aromatic carbocycles. The highest BCUT2D eigenvalue weighted by Gasteiger charge is 2.43. The van der Waals surface area contributed by atoms with Crippen molar-refractivity contribution in [1.29, 1.82) is 0 Å². The van der Waals surface area contributed by atoms with Gasteiger partial charge in [-0.1, -0.05) is 6.42 Å². The van der Waals surface area contributed by atoms with Crippen LogP contribution in [-0.4, -0.2) is 23.3 Å². The maximum Gasteiger partial charge on any atom is 0.338 e. The summed E-state index contributed by atoms with van der Waals surface area (Å²) in [6, 6.07) is 0. The lowest BCUT2D eigenvalue weighted by Gasteiger charge is -2.36. The average molecular weight is 172 g/mol. The first kappa shape index (κ1) is 9.52. The van der Waals surface area contributed by atoms with Crippen LogP contribution in [-0.2, 0) is 9.53 Å². The third-order valence-electron chi connectivity index (χ3n) is 2.59. The molecule has 70 valence electrons. The molecule has 1 rings (SSSR count). The lowest BCUT2D eigenvalue weighted by molar-refractivity contribution is -0.172. The van der Waals surface area contributed by atoms with Gasteiger partial charge >= 0.3 is 5.97 Å². The second kappa shape index (κ2) is 3.44. The lowest BCUT2D eigenvalue weighted by atomic mass is 9.74. The highest BCUT2D eigenvalue weighted by atomic mass is 16.5. The van der Waals surface area contributed by atoms with Crippen LogP contribution in [0.1, 0.15) is 33.1 Å². The third kappa shape index (κ3) is 1.61. The Morgan fingerprint density at radius 3 is 2.58 bits per heavy atom. The summed E-state index contributed by atoms with van der Waals surface area (Å²) in [4.78, 5) is 11.2. The lowest BCUT2D eigenvalue weighted by Crippen LogP contribution is -2.47. The summed E-state index contributed by atoms with van der Waals surface area (Å²) in [6.45, 7) is 3.63. The van der Waals surface area contributed by atoms with Crippen LogP contribution in [0.4, 0.5) is 0 Å². The zero-order chi connectivity index (χ0) is 9.19. The van der Waals surface area contributed by atoms with Gasteiger partial charge in [-0.25, -0.2) is 4.79 Å². The van der Waals surface area contributed by atoms with Crippen molar-refractivity contribution in [3.63, 3.8) is 0 Å². The van der Waals surface area contributed by atoms with Crippen LogP contribution >= 0.6 is 0 Å². The fraction of sp³-hybridized carbons (Fsp3) is 0.889. The minimum absolute atomic E-state index is 0.108. The number of hydrogen-bond acceptors (Lipinski definition) is 3. The number of rotatable bonds is 3. The molecular weight excluding hydrogens is 156 g/mol. The van der Waals surface area contributed by atoms with Crippen LogP contribution in [0, 0.1) is 5.92 Å². The van der Waals surface area contributed by atoms with Gasteiger partial charge in [0.05, 0.1) is 6.61 Å². The Morgan fingerprint density at radius 2 is 2.25 bits per heavy atom. The normalized spacial score (nSPS) is 22.6. The van der Waals surface area contributed by atoms with Crippen LogP contribution in [0.3, 0.4) is 0 Å². The Balaban J connectivity index is 2.50. The molecule has 12 heavy (non-hydrogen) atoms. The summed E-state index contributed by atoms with van der Waals surface area (Å²) >= 11 is 0. The summed E-state index contributed by atoms with van der Waals surface area (Å²) in [5.41, 5.74) is -1.26. The second-order valence-corrected chi connectivity index (χ2v) is 3.50. The average Bonchev–Trinajstić information content (AvgIpc) is 1.82. The largest absolute Gasteiger partial charge is 0.464 e. The molecule has 3 nitrogen and oxygen atoms in total. The van der Waals surface area contributed by atoms with Gasteiger partial charge < -0.3 is 9.84 Å². The first-order valence-corrected chi connectivity index (χ1v) is 4.48. The molecule has 0 spiro atoms. The number of hydrogen-bond donors (Lipinski definition) is 1. The molecule has 0 bridgehead atoms. The molecule has 0 aliphatic heterocycles. The van der Waals surface area contributed by atoms with Crippen molar-refractivity contribution in [2.45, 2.75) is 38.7 Å². The molecule has 1 fully saturated rings. The Labute approximate surface area is 72.7 Å². The Hall–Kier alpha value is -0.570. The number of ether oxygens (including phenoxy) is 1. The summed E-state index contributed by atoms with van der Waals surface area (Å²) in [5.74, 6) is -0.369. The fourth-order valence-corrected chi connectivity index (χ4v) is 1.41. The second-order valence-electron chi connectivity index (χ2n) is 3.50. The van der Waals surface area contributed by atoms with E-state index in [1.54, 1.807) is 13.8 Å². The van der Waals surface area contributed by atoms with Crippen molar-refractivity contribution in [2.75, 3.05) is 6.61 Å². The van der Waals surface area contributed by atoms with E-state index in [0.29, 0.717) is 6.61 Å². The van der Waals surface area contributed by atoms with E-state index in [0.717, 1.165) is 19.3 Å². The van der Waals surface area contributed by atoms with Gasteiger partial charge in [0.15, 0.2) is 5.60 Å². The first-order chi connectivity index (χ1) is 5.59. The Morgan fingerprint density at radius 1 is 1.67 bits per heavy atom. The number of carbonyl (C=O) groups is 1. The van der Waals surface area contributed by atoms with Crippen molar-refractivity contribution >= 4 is 5.97 Å². The number of aliphatic hydroxyl groups is 1. The Bertz CT molecular complexity index is 171. The minimum Gasteiger partial charge on any atom is -0.464 e. The standard InChI is InChI=1S/C9H16O3/c1-3-12-8(10)9(2,11)7-5-4-6-7/h7,11H,3-6H2,1-2H3. The van der Waals surface area contributed by atoms with Gasteiger partial charge in [-0.3, -0.25) is 0 Å². The van der Waals surface area contributed by atoms with E-state index in [1.165, 1.54) is 0 Å². The van der Waals surface area contributed by atoms with Crippen molar-refractivity contribution in [1.82, 2.24) is 0 Å². The molecular formula is C9H16O3. The smallest absolute Gasteiger partial charge is 0.338 e. The van der Waals surface area contributed by atoms with Crippen LogP contribution in [0.15, 0.2) is 0 Å². The maximum absolute atomic E-state index is 11.2. The van der Waals surface area contributed by atoms with Crippen molar-refractivity contribution in [3.05, 3.63) is 0 Å². The van der Waals surface area contributed by atoms with Gasteiger partial charge in [-0.15, -0.1) is 0 Å². The summed E-state index contributed by atoms with van der Waals surface area (Å²) in [5, 5.41) is 9.76. The SMILES string of the molecule is CCOC(=O)C(C)(O)C1CCC1. The topological polar surface area (TPSA) is 46.5 Å². The molecule has 0 saturated heterocycles. The molecule has 0 heterocycles. The predicted octanol–water partition coefficient (Wildman–Crippen LogP) is 1.10. The van der Waals surface area contributed by atoms with Crippen LogP contribution in [0.25, 0.3) is 0 Å². The van der Waals surface area contributed by atoms with Crippen molar-refractivity contribution in [2.24, 2.45) is 5.92 Å². The van der Waals surface area contributed by atoms with E-state index in [1.807, 2.05) is 0 Å². The van der Waals surface area contributed by atoms with Gasteiger partial charge in [0.25, 0.3) is 0 Å². The minimum atomic E-state index is -1.26. The zero-order valence-electron chi connectivity index (χ0n) is 7.67. The maximum atomic E-state index is 11.2. The molecule has 1 N–H and O–H groups in total. The quantitative estimate of drug-likeness (QED) is 0.648. The zero-order valence-corrected chi connectivity index (χ0v) is 7.67. The van der Waals surface area contributed by atoms with E-state index in [4.69, 9.17) is 4.74 Å². The highest BCUT2D eigenvalue weighted by Crippen LogP contribution is 2.36. The molecule has 1 atom stereocenters. The molecule has 0 radical (unpaired) electrons. The molecule has 0 aromatic rings. The van der Waals surface area contributed by atoms with E-state index < -0.39 is 11.6 Å². The molecule has 1 unspecified atom stereocenters. The van der Waals surface area contributed by atoms with Gasteiger partial charge in [-0.2, -0.15) is 0 Å². The van der Waals surface area contributed by atoms with E-state index >= 15 is 0 Å². The third-order valence-corrected chi connectivity index (χ3v) is 2.59. The molecule has 3 heteroatoms. The molecule has 1 aliphatic carbocycles. The number of esters is 1. The van der Waals surface area contributed by atoms with Crippen molar-refractivity contribution in [3.8, 4) is 0 Å². The summed E-state index contributed by atoms with van der Waals surface area (Å²) < 4.78 is 4.77. The molecule has 1 saturated carbocycles. The number of carbonyl (C=O) groups excluding carboxylic acids is 1.